The lowest BCUT2D eigenvalue weighted by molar-refractivity contribution is -0.137. The summed E-state index contributed by atoms with van der Waals surface area (Å²) in [5.41, 5.74) is 0.781. The summed E-state index contributed by atoms with van der Waals surface area (Å²) in [5, 5.41) is 8.42. The van der Waals surface area contributed by atoms with Crippen LogP contribution in [-0.4, -0.2) is 29.4 Å². The summed E-state index contributed by atoms with van der Waals surface area (Å²) in [4.78, 5) is 33.0. The number of carbonyl (C=O) groups is 3. The number of hydrogen-bond acceptors (Lipinski definition) is 4. The molecule has 1 rings (SSSR count). The van der Waals surface area contributed by atoms with Gasteiger partial charge in [0.05, 0.1) is 6.61 Å². The lowest BCUT2D eigenvalue weighted by atomic mass is 10.1. The predicted molar refractivity (Wildman–Crippen MR) is 66.5 cm³/mol. The summed E-state index contributed by atoms with van der Waals surface area (Å²) >= 11 is 0. The van der Waals surface area contributed by atoms with Gasteiger partial charge in [0.15, 0.2) is 0 Å². The van der Waals surface area contributed by atoms with E-state index in [1.54, 1.807) is 19.1 Å². The van der Waals surface area contributed by atoms with Gasteiger partial charge in [-0.2, -0.15) is 0 Å². The van der Waals surface area contributed by atoms with Crippen molar-refractivity contribution in [3.63, 3.8) is 0 Å². The van der Waals surface area contributed by atoms with Gasteiger partial charge in [0.2, 0.25) is 0 Å². The minimum absolute atomic E-state index is 0.142. The third kappa shape index (κ3) is 4.64. The molecule has 19 heavy (non-hydrogen) atoms. The average molecular weight is 260 g/mol. The second-order valence-corrected chi connectivity index (χ2v) is 3.50. The number of rotatable bonds is 4. The minimum Gasteiger partial charge on any atom is -0.481 e. The van der Waals surface area contributed by atoms with Crippen molar-refractivity contribution < 1.29 is 24.2 Å². The normalized spacial score (nSPS) is 9.11. The van der Waals surface area contributed by atoms with Crippen LogP contribution in [0.2, 0.25) is 0 Å². The topological polar surface area (TPSA) is 80.7 Å². The van der Waals surface area contributed by atoms with Crippen molar-refractivity contribution in [1.82, 2.24) is 0 Å². The molecule has 5 nitrogen and oxygen atoms in total. The molecule has 0 spiro atoms. The van der Waals surface area contributed by atoms with Gasteiger partial charge in [0.1, 0.15) is 6.42 Å². The third-order valence-electron chi connectivity index (χ3n) is 2.08. The van der Waals surface area contributed by atoms with Crippen LogP contribution in [-0.2, 0) is 14.3 Å². The van der Waals surface area contributed by atoms with Gasteiger partial charge in [-0.15, -0.1) is 0 Å². The molecule has 0 aliphatic rings. The van der Waals surface area contributed by atoms with Crippen molar-refractivity contribution in [2.75, 3.05) is 6.61 Å². The summed E-state index contributed by atoms with van der Waals surface area (Å²) < 4.78 is 4.60. The molecule has 0 unspecified atom stereocenters. The molecule has 0 saturated heterocycles. The maximum absolute atomic E-state index is 11.6. The Morgan fingerprint density at radius 1 is 1.21 bits per heavy atom. The summed E-state index contributed by atoms with van der Waals surface area (Å²) in [6, 6.07) is 5.98. The van der Waals surface area contributed by atoms with Crippen molar-refractivity contribution in [1.29, 1.82) is 0 Å². The molecule has 0 atom stereocenters. The summed E-state index contributed by atoms with van der Waals surface area (Å²) in [5.74, 6) is 2.49. The van der Waals surface area contributed by atoms with Gasteiger partial charge in [0.25, 0.3) is 5.78 Å². The van der Waals surface area contributed by atoms with Crippen molar-refractivity contribution in [3.8, 4) is 11.8 Å². The molecule has 0 amide bonds. The molecule has 0 heterocycles. The molecule has 1 aromatic carbocycles. The zero-order valence-corrected chi connectivity index (χ0v) is 10.3. The van der Waals surface area contributed by atoms with Crippen molar-refractivity contribution in [3.05, 3.63) is 35.4 Å². The van der Waals surface area contributed by atoms with Crippen molar-refractivity contribution >= 4 is 17.7 Å². The molecular weight excluding hydrogens is 248 g/mol. The Morgan fingerprint density at radius 2 is 1.84 bits per heavy atom. The Labute approximate surface area is 110 Å². The van der Waals surface area contributed by atoms with Gasteiger partial charge >= 0.3 is 11.9 Å². The highest BCUT2D eigenvalue weighted by Gasteiger charge is 2.16. The molecule has 0 bridgehead atoms. The highest BCUT2D eigenvalue weighted by atomic mass is 16.5. The number of benzene rings is 1. The number of Topliss-reactive ketones (excluding diaryl/α,β-unsaturated/α-hetero) is 1. The van der Waals surface area contributed by atoms with Gasteiger partial charge in [-0.05, 0) is 31.2 Å². The monoisotopic (exact) mass is 260 g/mol. The van der Waals surface area contributed by atoms with Crippen LogP contribution in [0, 0.1) is 11.8 Å². The molecule has 0 aliphatic carbocycles. The van der Waals surface area contributed by atoms with Crippen molar-refractivity contribution in [2.45, 2.75) is 13.3 Å². The molecule has 0 aliphatic heterocycles. The van der Waals surface area contributed by atoms with E-state index in [1.165, 1.54) is 12.1 Å². The minimum atomic E-state index is -0.999. The van der Waals surface area contributed by atoms with E-state index >= 15 is 0 Å². The number of carboxylic acid groups (broad SMARTS) is 1. The molecule has 0 saturated carbocycles. The summed E-state index contributed by atoms with van der Waals surface area (Å²) in [6.45, 7) is 1.76. The molecule has 1 aromatic rings. The largest absolute Gasteiger partial charge is 0.481 e. The number of esters is 1. The van der Waals surface area contributed by atoms with Gasteiger partial charge in [-0.25, -0.2) is 4.79 Å². The Bertz CT molecular complexity index is 545. The maximum Gasteiger partial charge on any atom is 0.379 e. The Balaban J connectivity index is 2.75. The summed E-state index contributed by atoms with van der Waals surface area (Å²) in [7, 11) is 0. The van der Waals surface area contributed by atoms with Crippen LogP contribution in [0.15, 0.2) is 24.3 Å². The van der Waals surface area contributed by atoms with Crippen LogP contribution in [0.1, 0.15) is 29.3 Å². The first kappa shape index (κ1) is 14.5. The van der Waals surface area contributed by atoms with Gasteiger partial charge in [0, 0.05) is 11.1 Å². The van der Waals surface area contributed by atoms with Crippen LogP contribution >= 0.6 is 0 Å². The van der Waals surface area contributed by atoms with E-state index in [2.05, 4.69) is 16.6 Å². The van der Waals surface area contributed by atoms with E-state index in [9.17, 15) is 14.4 Å². The first-order valence-corrected chi connectivity index (χ1v) is 5.56. The number of hydrogen-bond donors (Lipinski definition) is 1. The number of ether oxygens (including phenoxy) is 1. The third-order valence-corrected chi connectivity index (χ3v) is 2.08. The van der Waals surface area contributed by atoms with Crippen molar-refractivity contribution in [2.24, 2.45) is 0 Å². The van der Waals surface area contributed by atoms with Gasteiger partial charge < -0.3 is 9.84 Å². The molecular formula is C14H12O5. The standard InChI is InChI=1S/C14H12O5/c1-2-19-14(18)13(17)11-8-6-10(7-9-11)4-3-5-12(15)16/h6-9H,2,5H2,1H3,(H,15,16). The van der Waals surface area contributed by atoms with E-state index in [-0.39, 0.29) is 18.6 Å². The zero-order valence-electron chi connectivity index (χ0n) is 10.3. The molecule has 0 radical (unpaired) electrons. The first-order valence-electron chi connectivity index (χ1n) is 5.56. The zero-order chi connectivity index (χ0) is 14.3. The van der Waals surface area contributed by atoms with Crippen LogP contribution in [0.25, 0.3) is 0 Å². The number of carbonyl (C=O) groups excluding carboxylic acids is 2. The van der Waals surface area contributed by atoms with E-state index < -0.39 is 17.7 Å². The molecule has 0 aromatic heterocycles. The maximum atomic E-state index is 11.6. The highest BCUT2D eigenvalue weighted by Crippen LogP contribution is 2.05. The number of aliphatic carboxylic acids is 1. The first-order chi connectivity index (χ1) is 9.04. The lowest BCUT2D eigenvalue weighted by Gasteiger charge is -2.00. The SMILES string of the molecule is CCOC(=O)C(=O)c1ccc(C#CCC(=O)O)cc1. The predicted octanol–water partition coefficient (Wildman–Crippen LogP) is 1.26. The van der Waals surface area contributed by atoms with E-state index in [0.717, 1.165) is 0 Å². The quantitative estimate of drug-likeness (QED) is 0.381. The number of ketones is 1. The fraction of sp³-hybridized carbons (Fsp3) is 0.214. The number of carboxylic acids is 1. The Hall–Kier alpha value is -2.61. The molecule has 0 fully saturated rings. The molecule has 5 heteroatoms. The van der Waals surface area contributed by atoms with Gasteiger partial charge in [-0.1, -0.05) is 11.8 Å². The fourth-order valence-electron chi connectivity index (χ4n) is 1.24. The molecule has 1 N–H and O–H groups in total. The van der Waals surface area contributed by atoms with Crippen LogP contribution in [0.5, 0.6) is 0 Å². The van der Waals surface area contributed by atoms with Crippen LogP contribution in [0.4, 0.5) is 0 Å². The fourth-order valence-corrected chi connectivity index (χ4v) is 1.24. The Kier molecular flexibility index (Phi) is 5.30. The highest BCUT2D eigenvalue weighted by molar-refractivity contribution is 6.40. The van der Waals surface area contributed by atoms with E-state index in [4.69, 9.17) is 5.11 Å². The van der Waals surface area contributed by atoms with E-state index in [1.807, 2.05) is 0 Å². The molecule has 98 valence electrons. The van der Waals surface area contributed by atoms with Gasteiger partial charge in [-0.3, -0.25) is 9.59 Å². The smallest absolute Gasteiger partial charge is 0.379 e. The van der Waals surface area contributed by atoms with Crippen LogP contribution in [0.3, 0.4) is 0 Å². The average Bonchev–Trinajstić information content (AvgIpc) is 2.38. The second kappa shape index (κ2) is 6.97. The van der Waals surface area contributed by atoms with Crippen LogP contribution < -0.4 is 0 Å². The summed E-state index contributed by atoms with van der Waals surface area (Å²) in [6.07, 6.45) is -0.247. The second-order valence-electron chi connectivity index (χ2n) is 3.50. The van der Waals surface area contributed by atoms with E-state index in [0.29, 0.717) is 5.56 Å². The lowest BCUT2D eigenvalue weighted by Crippen LogP contribution is -2.17. The Morgan fingerprint density at radius 3 is 2.37 bits per heavy atom.